The first-order valence-electron chi connectivity index (χ1n) is 7.86. The quantitative estimate of drug-likeness (QED) is 0.810. The molecule has 1 aromatic carbocycles. The molecule has 6 heteroatoms. The van der Waals surface area contributed by atoms with Gasteiger partial charge >= 0.3 is 5.97 Å². The fraction of sp³-hybridized carbons (Fsp3) is 0.333. The summed E-state index contributed by atoms with van der Waals surface area (Å²) in [6, 6.07) is 9.11. The van der Waals surface area contributed by atoms with E-state index in [0.29, 0.717) is 17.7 Å². The summed E-state index contributed by atoms with van der Waals surface area (Å²) in [4.78, 5) is 28.0. The summed E-state index contributed by atoms with van der Waals surface area (Å²) < 4.78 is 9.71. The molecule has 1 aliphatic heterocycles. The summed E-state index contributed by atoms with van der Waals surface area (Å²) in [5, 5.41) is 0. The average Bonchev–Trinajstić information content (AvgIpc) is 3.15. The Labute approximate surface area is 140 Å². The molecule has 1 unspecified atom stereocenters. The van der Waals surface area contributed by atoms with E-state index in [2.05, 4.69) is 4.90 Å². The van der Waals surface area contributed by atoms with Gasteiger partial charge in [0.2, 0.25) is 0 Å². The lowest BCUT2D eigenvalue weighted by molar-refractivity contribution is 0.0599. The zero-order valence-electron chi connectivity index (χ0n) is 13.8. The minimum absolute atomic E-state index is 0.00283. The van der Waals surface area contributed by atoms with Gasteiger partial charge in [0.1, 0.15) is 6.26 Å². The van der Waals surface area contributed by atoms with Gasteiger partial charge in [-0.25, -0.2) is 4.79 Å². The van der Waals surface area contributed by atoms with Gasteiger partial charge in [-0.15, -0.1) is 0 Å². The van der Waals surface area contributed by atoms with Crippen LogP contribution in [0.5, 0.6) is 0 Å². The van der Waals surface area contributed by atoms with Crippen LogP contribution in [0.3, 0.4) is 0 Å². The maximum Gasteiger partial charge on any atom is 0.337 e. The molecule has 1 amide bonds. The van der Waals surface area contributed by atoms with Crippen LogP contribution in [0.1, 0.15) is 27.6 Å². The molecule has 0 bridgehead atoms. The van der Waals surface area contributed by atoms with Crippen molar-refractivity contribution in [3.8, 4) is 0 Å². The Hall–Kier alpha value is -2.76. The number of furan rings is 1. The third-order valence-electron chi connectivity index (χ3n) is 4.31. The van der Waals surface area contributed by atoms with E-state index in [1.165, 1.54) is 19.6 Å². The number of benzene rings is 1. The van der Waals surface area contributed by atoms with Gasteiger partial charge in [0.05, 0.1) is 24.5 Å². The summed E-state index contributed by atoms with van der Waals surface area (Å²) in [6.45, 7) is 4.16. The van der Waals surface area contributed by atoms with E-state index in [0.717, 1.165) is 18.8 Å². The highest BCUT2D eigenvalue weighted by atomic mass is 16.5. The molecule has 0 spiro atoms. The number of anilines is 1. The Morgan fingerprint density at radius 2 is 1.88 bits per heavy atom. The number of methoxy groups -OCH3 is 1. The Morgan fingerprint density at radius 1 is 1.12 bits per heavy atom. The van der Waals surface area contributed by atoms with Crippen molar-refractivity contribution < 1.29 is 18.7 Å². The Bertz CT molecular complexity index is 709. The third kappa shape index (κ3) is 3.13. The smallest absolute Gasteiger partial charge is 0.337 e. The zero-order chi connectivity index (χ0) is 17.1. The second-order valence-corrected chi connectivity index (χ2v) is 5.84. The first-order valence-corrected chi connectivity index (χ1v) is 7.86. The van der Waals surface area contributed by atoms with Crippen LogP contribution < -0.4 is 4.90 Å². The minimum atomic E-state index is -0.342. The van der Waals surface area contributed by atoms with Gasteiger partial charge in [0.15, 0.2) is 0 Å². The Morgan fingerprint density at radius 3 is 2.46 bits per heavy atom. The fourth-order valence-corrected chi connectivity index (χ4v) is 2.97. The lowest BCUT2D eigenvalue weighted by atomic mass is 10.1. The van der Waals surface area contributed by atoms with Gasteiger partial charge < -0.3 is 19.0 Å². The predicted octanol–water partition coefficient (Wildman–Crippen LogP) is 2.42. The Balaban J connectivity index is 1.67. The number of piperazine rings is 1. The van der Waals surface area contributed by atoms with E-state index >= 15 is 0 Å². The number of nitrogens with zero attached hydrogens (tertiary/aromatic N) is 2. The van der Waals surface area contributed by atoms with Crippen LogP contribution in [-0.2, 0) is 4.74 Å². The fourth-order valence-electron chi connectivity index (χ4n) is 2.97. The topological polar surface area (TPSA) is 63.0 Å². The van der Waals surface area contributed by atoms with Gasteiger partial charge in [-0.1, -0.05) is 0 Å². The molecule has 2 aromatic rings. The first kappa shape index (κ1) is 16.1. The van der Waals surface area contributed by atoms with Crippen molar-refractivity contribution in [1.29, 1.82) is 0 Å². The molecule has 1 fully saturated rings. The van der Waals surface area contributed by atoms with Crippen molar-refractivity contribution in [2.75, 3.05) is 31.6 Å². The normalized spacial score (nSPS) is 17.7. The van der Waals surface area contributed by atoms with Gasteiger partial charge in [0, 0.05) is 31.4 Å². The maximum atomic E-state index is 12.5. The predicted molar refractivity (Wildman–Crippen MR) is 89.2 cm³/mol. The molecule has 0 radical (unpaired) electrons. The number of rotatable bonds is 3. The molecule has 1 saturated heterocycles. The van der Waals surface area contributed by atoms with Crippen molar-refractivity contribution in [1.82, 2.24) is 4.90 Å². The van der Waals surface area contributed by atoms with Crippen molar-refractivity contribution >= 4 is 17.6 Å². The van der Waals surface area contributed by atoms with E-state index in [1.807, 2.05) is 24.0 Å². The molecule has 2 heterocycles. The van der Waals surface area contributed by atoms with E-state index in [1.54, 1.807) is 18.2 Å². The molecule has 126 valence electrons. The summed E-state index contributed by atoms with van der Waals surface area (Å²) >= 11 is 0. The first-order chi connectivity index (χ1) is 11.6. The third-order valence-corrected chi connectivity index (χ3v) is 4.31. The second kappa shape index (κ2) is 6.78. The highest BCUT2D eigenvalue weighted by molar-refractivity contribution is 5.94. The lowest BCUT2D eigenvalue weighted by Gasteiger charge is -2.41. The molecule has 1 aromatic heterocycles. The van der Waals surface area contributed by atoms with Gasteiger partial charge in [-0.3, -0.25) is 4.79 Å². The van der Waals surface area contributed by atoms with Crippen LogP contribution in [0.25, 0.3) is 0 Å². The highest BCUT2D eigenvalue weighted by Gasteiger charge is 2.28. The molecule has 0 aliphatic carbocycles. The van der Waals surface area contributed by atoms with Gasteiger partial charge in [-0.05, 0) is 37.3 Å². The van der Waals surface area contributed by atoms with Crippen LogP contribution in [0, 0.1) is 0 Å². The molecule has 6 nitrogen and oxygen atoms in total. The van der Waals surface area contributed by atoms with E-state index in [9.17, 15) is 9.59 Å². The maximum absolute atomic E-state index is 12.5. The van der Waals surface area contributed by atoms with Gasteiger partial charge in [0.25, 0.3) is 5.91 Å². The second-order valence-electron chi connectivity index (χ2n) is 5.84. The molecule has 24 heavy (non-hydrogen) atoms. The number of amides is 1. The number of hydrogen-bond acceptors (Lipinski definition) is 5. The number of hydrogen-bond donors (Lipinski definition) is 0. The van der Waals surface area contributed by atoms with Crippen molar-refractivity contribution in [2.45, 2.75) is 13.0 Å². The van der Waals surface area contributed by atoms with Crippen molar-refractivity contribution in [3.05, 3.63) is 54.0 Å². The van der Waals surface area contributed by atoms with Crippen LogP contribution in [-0.4, -0.2) is 49.6 Å². The van der Waals surface area contributed by atoms with E-state index in [4.69, 9.17) is 9.15 Å². The largest absolute Gasteiger partial charge is 0.472 e. The Kier molecular flexibility index (Phi) is 4.55. The highest BCUT2D eigenvalue weighted by Crippen LogP contribution is 2.21. The SMILES string of the molecule is COC(=O)c1ccc(N2CCN(C(=O)c3ccoc3)C(C)C2)cc1. The molecular weight excluding hydrogens is 308 g/mol. The number of ether oxygens (including phenoxy) is 1. The van der Waals surface area contributed by atoms with Crippen LogP contribution in [0.2, 0.25) is 0 Å². The van der Waals surface area contributed by atoms with E-state index < -0.39 is 0 Å². The lowest BCUT2D eigenvalue weighted by Crippen LogP contribution is -2.54. The number of esters is 1. The molecule has 0 N–H and O–H groups in total. The summed E-state index contributed by atoms with van der Waals surface area (Å²) in [5.74, 6) is -0.345. The minimum Gasteiger partial charge on any atom is -0.472 e. The van der Waals surface area contributed by atoms with Crippen molar-refractivity contribution in [2.24, 2.45) is 0 Å². The van der Waals surface area contributed by atoms with Crippen LogP contribution in [0.4, 0.5) is 5.69 Å². The summed E-state index contributed by atoms with van der Waals surface area (Å²) in [6.07, 6.45) is 2.99. The standard InChI is InChI=1S/C18H20N2O4/c1-13-11-19(16-5-3-14(4-6-16)18(22)23-2)8-9-20(13)17(21)15-7-10-24-12-15/h3-7,10,12-13H,8-9,11H2,1-2H3. The number of carbonyl (C=O) groups is 2. The van der Waals surface area contributed by atoms with Gasteiger partial charge in [-0.2, -0.15) is 0 Å². The number of carbonyl (C=O) groups excluding carboxylic acids is 2. The van der Waals surface area contributed by atoms with Crippen molar-refractivity contribution in [3.63, 3.8) is 0 Å². The van der Waals surface area contributed by atoms with Crippen LogP contribution >= 0.6 is 0 Å². The molecule has 0 saturated carbocycles. The molecular formula is C18H20N2O4. The monoisotopic (exact) mass is 328 g/mol. The molecule has 1 aliphatic rings. The molecule has 1 atom stereocenters. The van der Waals surface area contributed by atoms with Crippen LogP contribution in [0.15, 0.2) is 47.3 Å². The zero-order valence-corrected chi connectivity index (χ0v) is 13.8. The average molecular weight is 328 g/mol. The summed E-state index contributed by atoms with van der Waals surface area (Å²) in [7, 11) is 1.37. The van der Waals surface area contributed by atoms with E-state index in [-0.39, 0.29) is 17.9 Å². The summed E-state index contributed by atoms with van der Waals surface area (Å²) in [5.41, 5.74) is 2.14. The molecule has 3 rings (SSSR count).